The van der Waals surface area contributed by atoms with Gasteiger partial charge in [0.15, 0.2) is 0 Å². The van der Waals surface area contributed by atoms with Crippen molar-refractivity contribution in [2.24, 2.45) is 5.41 Å². The number of nitrogens with zero attached hydrogens (tertiary/aromatic N) is 2. The maximum Gasteiger partial charge on any atom is 0.316 e. The second-order valence-electron chi connectivity index (χ2n) is 4.78. The lowest BCUT2D eigenvalue weighted by Gasteiger charge is -2.36. The van der Waals surface area contributed by atoms with Crippen LogP contribution in [0, 0.1) is 5.41 Å². The summed E-state index contributed by atoms with van der Waals surface area (Å²) in [5.74, 6) is 0.129. The summed E-state index contributed by atoms with van der Waals surface area (Å²) in [4.78, 5) is 26.1. The molecule has 1 heterocycles. The van der Waals surface area contributed by atoms with Gasteiger partial charge in [-0.05, 0) is 11.6 Å². The van der Waals surface area contributed by atoms with Gasteiger partial charge >= 0.3 is 5.37 Å². The Bertz CT molecular complexity index is 265. The topological polar surface area (TPSA) is 40.6 Å². The van der Waals surface area contributed by atoms with Gasteiger partial charge in [0.25, 0.3) is 0 Å². The molecule has 1 saturated heterocycles. The molecule has 1 aliphatic rings. The molecule has 0 bridgehead atoms. The van der Waals surface area contributed by atoms with Crippen LogP contribution in [0.5, 0.6) is 0 Å². The van der Waals surface area contributed by atoms with Crippen molar-refractivity contribution in [2.75, 3.05) is 26.2 Å². The van der Waals surface area contributed by atoms with E-state index in [1.165, 1.54) is 0 Å². The molecule has 0 aliphatic carbocycles. The highest BCUT2D eigenvalue weighted by Crippen LogP contribution is 2.18. The van der Waals surface area contributed by atoms with Crippen LogP contribution in [0.2, 0.25) is 0 Å². The van der Waals surface area contributed by atoms with Crippen molar-refractivity contribution in [2.45, 2.75) is 20.8 Å². The van der Waals surface area contributed by atoms with E-state index in [0.29, 0.717) is 26.2 Å². The summed E-state index contributed by atoms with van der Waals surface area (Å²) in [5.41, 5.74) is -0.354. The minimum absolute atomic E-state index is 0.129. The fourth-order valence-electron chi connectivity index (χ4n) is 1.56. The second kappa shape index (κ2) is 4.39. The molecule has 1 rings (SSSR count). The van der Waals surface area contributed by atoms with Crippen LogP contribution in [0.15, 0.2) is 0 Å². The predicted molar refractivity (Wildman–Crippen MR) is 58.9 cm³/mol. The molecule has 0 N–H and O–H groups in total. The number of hydrogen-bond acceptors (Lipinski definition) is 2. The van der Waals surface area contributed by atoms with Gasteiger partial charge in [0, 0.05) is 31.6 Å². The third kappa shape index (κ3) is 3.09. The quantitative estimate of drug-likeness (QED) is 0.470. The summed E-state index contributed by atoms with van der Waals surface area (Å²) in [6.07, 6.45) is 0. The molecule has 5 heteroatoms. The van der Waals surface area contributed by atoms with Crippen molar-refractivity contribution in [3.63, 3.8) is 0 Å². The van der Waals surface area contributed by atoms with Crippen LogP contribution in [-0.4, -0.2) is 47.3 Å². The van der Waals surface area contributed by atoms with Crippen molar-refractivity contribution in [1.82, 2.24) is 9.80 Å². The predicted octanol–water partition coefficient (Wildman–Crippen LogP) is 1.54. The van der Waals surface area contributed by atoms with Crippen molar-refractivity contribution < 1.29 is 9.59 Å². The molecule has 0 aromatic rings. The van der Waals surface area contributed by atoms with Gasteiger partial charge in [0.05, 0.1) is 0 Å². The van der Waals surface area contributed by atoms with Crippen molar-refractivity contribution in [3.8, 4) is 0 Å². The fourth-order valence-corrected chi connectivity index (χ4v) is 1.73. The third-order valence-electron chi connectivity index (χ3n) is 2.46. The first-order chi connectivity index (χ1) is 6.82. The zero-order valence-electron chi connectivity index (χ0n) is 9.42. The molecule has 86 valence electrons. The summed E-state index contributed by atoms with van der Waals surface area (Å²) >= 11 is 5.36. The molecular formula is C10H17ClN2O2. The number of hydrogen-bond donors (Lipinski definition) is 0. The molecule has 0 aromatic carbocycles. The van der Waals surface area contributed by atoms with Gasteiger partial charge in [0.1, 0.15) is 0 Å². The Kier molecular flexibility index (Phi) is 3.60. The Morgan fingerprint density at radius 3 is 1.73 bits per heavy atom. The molecule has 0 aromatic heterocycles. The lowest BCUT2D eigenvalue weighted by atomic mass is 9.94. The van der Waals surface area contributed by atoms with E-state index in [1.807, 2.05) is 20.8 Å². The summed E-state index contributed by atoms with van der Waals surface area (Å²) in [6.45, 7) is 7.91. The molecule has 0 spiro atoms. The van der Waals surface area contributed by atoms with Gasteiger partial charge in [-0.1, -0.05) is 20.8 Å². The highest BCUT2D eigenvalue weighted by atomic mass is 35.5. The summed E-state index contributed by atoms with van der Waals surface area (Å²) in [5, 5.41) is -0.433. The number of halogens is 1. The van der Waals surface area contributed by atoms with Gasteiger partial charge in [0.2, 0.25) is 5.91 Å². The minimum atomic E-state index is -0.433. The van der Waals surface area contributed by atoms with Gasteiger partial charge in [-0.15, -0.1) is 0 Å². The van der Waals surface area contributed by atoms with Gasteiger partial charge in [-0.2, -0.15) is 0 Å². The summed E-state index contributed by atoms with van der Waals surface area (Å²) in [7, 11) is 0. The third-order valence-corrected chi connectivity index (χ3v) is 2.70. The number of amides is 2. The average molecular weight is 233 g/mol. The number of carbonyl (C=O) groups excluding carboxylic acids is 2. The lowest BCUT2D eigenvalue weighted by molar-refractivity contribution is -0.140. The first-order valence-corrected chi connectivity index (χ1v) is 5.44. The van der Waals surface area contributed by atoms with E-state index < -0.39 is 5.37 Å². The standard InChI is InChI=1S/C10H17ClN2O2/c1-10(2,3)8(14)12-4-6-13(7-5-12)9(11)15/h4-7H2,1-3H3. The van der Waals surface area contributed by atoms with Crippen molar-refractivity contribution in [1.29, 1.82) is 0 Å². The second-order valence-corrected chi connectivity index (χ2v) is 5.11. The van der Waals surface area contributed by atoms with E-state index in [9.17, 15) is 9.59 Å². The van der Waals surface area contributed by atoms with Gasteiger partial charge < -0.3 is 9.80 Å². The Balaban J connectivity index is 2.51. The highest BCUT2D eigenvalue weighted by molar-refractivity contribution is 6.62. The van der Waals surface area contributed by atoms with E-state index in [0.717, 1.165) is 0 Å². The number of carbonyl (C=O) groups is 2. The van der Waals surface area contributed by atoms with Gasteiger partial charge in [-0.25, -0.2) is 0 Å². The van der Waals surface area contributed by atoms with Crippen LogP contribution >= 0.6 is 11.6 Å². The molecule has 15 heavy (non-hydrogen) atoms. The van der Waals surface area contributed by atoms with Crippen LogP contribution in [0.25, 0.3) is 0 Å². The molecule has 0 saturated carbocycles. The molecule has 0 atom stereocenters. The average Bonchev–Trinajstić information content (AvgIpc) is 2.15. The first kappa shape index (κ1) is 12.3. The Labute approximate surface area is 95.2 Å². The SMILES string of the molecule is CC(C)(C)C(=O)N1CCN(C(=O)Cl)CC1. The van der Waals surface area contributed by atoms with Crippen molar-refractivity contribution >= 4 is 22.9 Å². The monoisotopic (exact) mass is 232 g/mol. The largest absolute Gasteiger partial charge is 0.339 e. The van der Waals surface area contributed by atoms with Crippen LogP contribution in [0.4, 0.5) is 4.79 Å². The van der Waals surface area contributed by atoms with Crippen LogP contribution in [-0.2, 0) is 4.79 Å². The van der Waals surface area contributed by atoms with E-state index in [-0.39, 0.29) is 11.3 Å². The summed E-state index contributed by atoms with van der Waals surface area (Å²) in [6, 6.07) is 0. The Morgan fingerprint density at radius 1 is 1.00 bits per heavy atom. The maximum absolute atomic E-state index is 11.9. The maximum atomic E-state index is 11.9. The first-order valence-electron chi connectivity index (χ1n) is 5.06. The van der Waals surface area contributed by atoms with E-state index in [4.69, 9.17) is 11.6 Å². The smallest absolute Gasteiger partial charge is 0.316 e. The zero-order valence-corrected chi connectivity index (χ0v) is 10.2. The molecule has 1 fully saturated rings. The van der Waals surface area contributed by atoms with E-state index in [1.54, 1.807) is 9.80 Å². The fraction of sp³-hybridized carbons (Fsp3) is 0.800. The molecule has 0 radical (unpaired) electrons. The normalized spacial score (nSPS) is 17.9. The Hall–Kier alpha value is -0.770. The van der Waals surface area contributed by atoms with Crippen molar-refractivity contribution in [3.05, 3.63) is 0 Å². The Morgan fingerprint density at radius 2 is 1.40 bits per heavy atom. The van der Waals surface area contributed by atoms with Crippen LogP contribution < -0.4 is 0 Å². The zero-order chi connectivity index (χ0) is 11.6. The van der Waals surface area contributed by atoms with E-state index >= 15 is 0 Å². The number of rotatable bonds is 0. The molecule has 0 unspecified atom stereocenters. The molecule has 1 aliphatic heterocycles. The molecule has 4 nitrogen and oxygen atoms in total. The van der Waals surface area contributed by atoms with E-state index in [2.05, 4.69) is 0 Å². The highest BCUT2D eigenvalue weighted by Gasteiger charge is 2.30. The summed E-state index contributed by atoms with van der Waals surface area (Å²) < 4.78 is 0. The van der Waals surface area contributed by atoms with Crippen LogP contribution in [0.3, 0.4) is 0 Å². The number of piperazine rings is 1. The molecule has 2 amide bonds. The lowest BCUT2D eigenvalue weighted by Crippen LogP contribution is -2.52. The molecular weight excluding hydrogens is 216 g/mol. The van der Waals surface area contributed by atoms with Gasteiger partial charge in [-0.3, -0.25) is 9.59 Å². The van der Waals surface area contributed by atoms with Crippen LogP contribution in [0.1, 0.15) is 20.8 Å². The minimum Gasteiger partial charge on any atom is -0.339 e.